The quantitative estimate of drug-likeness (QED) is 0.750. The van der Waals surface area contributed by atoms with Gasteiger partial charge in [0.25, 0.3) is 5.91 Å². The van der Waals surface area contributed by atoms with Crippen LogP contribution >= 0.6 is 0 Å². The summed E-state index contributed by atoms with van der Waals surface area (Å²) in [5.41, 5.74) is 0.367. The predicted molar refractivity (Wildman–Crippen MR) is 87.2 cm³/mol. The fourth-order valence-electron chi connectivity index (χ4n) is 1.58. The van der Waals surface area contributed by atoms with E-state index in [0.29, 0.717) is 5.01 Å². The number of amides is 3. The molecule has 3 amide bonds. The zero-order valence-electron chi connectivity index (χ0n) is 15.8. The van der Waals surface area contributed by atoms with Gasteiger partial charge in [-0.05, 0) is 48.7 Å². The molecule has 140 valence electrons. The second-order valence-corrected chi connectivity index (χ2v) is 7.15. The Bertz CT molecular complexity index is 457. The van der Waals surface area contributed by atoms with Crippen molar-refractivity contribution in [1.29, 1.82) is 0 Å². The van der Waals surface area contributed by atoms with Gasteiger partial charge in [-0.1, -0.05) is 0 Å². The smallest absolute Gasteiger partial charge is 0.439 e. The summed E-state index contributed by atoms with van der Waals surface area (Å²) >= 11 is 0. The monoisotopic (exact) mass is 347 g/mol. The van der Waals surface area contributed by atoms with Crippen LogP contribution in [0.3, 0.4) is 0 Å². The highest BCUT2D eigenvalue weighted by atomic mass is 16.6. The lowest BCUT2D eigenvalue weighted by molar-refractivity contribution is -0.126. The number of rotatable bonds is 5. The molecule has 0 saturated carbocycles. The van der Waals surface area contributed by atoms with Crippen molar-refractivity contribution in [3.8, 4) is 0 Å². The number of likely N-dealkylation sites (N-methyl/N-ethyl adjacent to an activating group) is 1. The summed E-state index contributed by atoms with van der Waals surface area (Å²) in [7, 11) is 4.81. The standard InChI is InChI=1S/C15H29N3O6/c1-14(2,3)23-12(20)18(16-11(19)9-17(6)7)13(21)24-15(4,5)10-22-8/h9-10H2,1-8H3,(H,16,19). The maximum absolute atomic E-state index is 12.3. The number of ether oxygens (including phenoxy) is 3. The Morgan fingerprint density at radius 2 is 1.46 bits per heavy atom. The third-order valence-electron chi connectivity index (χ3n) is 2.31. The summed E-state index contributed by atoms with van der Waals surface area (Å²) in [6.45, 7) is 8.26. The zero-order valence-corrected chi connectivity index (χ0v) is 15.8. The summed E-state index contributed by atoms with van der Waals surface area (Å²) in [6, 6.07) is 0. The summed E-state index contributed by atoms with van der Waals surface area (Å²) < 4.78 is 15.3. The van der Waals surface area contributed by atoms with Gasteiger partial charge in [0.15, 0.2) is 0 Å². The number of hydrazine groups is 1. The molecule has 0 atom stereocenters. The molecule has 0 aliphatic rings. The van der Waals surface area contributed by atoms with Crippen molar-refractivity contribution in [3.05, 3.63) is 0 Å². The van der Waals surface area contributed by atoms with Gasteiger partial charge in [0.05, 0.1) is 13.2 Å². The third kappa shape index (κ3) is 9.31. The van der Waals surface area contributed by atoms with E-state index < -0.39 is 29.3 Å². The average Bonchev–Trinajstić information content (AvgIpc) is 2.31. The van der Waals surface area contributed by atoms with E-state index in [9.17, 15) is 14.4 Å². The van der Waals surface area contributed by atoms with Crippen LogP contribution in [0.2, 0.25) is 0 Å². The van der Waals surface area contributed by atoms with Crippen LogP contribution < -0.4 is 5.43 Å². The zero-order chi connectivity index (χ0) is 19.1. The maximum Gasteiger partial charge on any atom is 0.439 e. The van der Waals surface area contributed by atoms with E-state index in [2.05, 4.69) is 5.43 Å². The Kier molecular flexibility index (Phi) is 8.15. The molecule has 0 aromatic rings. The minimum absolute atomic E-state index is 0.0198. The van der Waals surface area contributed by atoms with Crippen LogP contribution in [0.4, 0.5) is 9.59 Å². The van der Waals surface area contributed by atoms with Crippen LogP contribution in [-0.4, -0.2) is 73.6 Å². The van der Waals surface area contributed by atoms with Crippen molar-refractivity contribution < 1.29 is 28.6 Å². The van der Waals surface area contributed by atoms with Gasteiger partial charge in [0, 0.05) is 7.11 Å². The first-order chi connectivity index (χ1) is 10.8. The van der Waals surface area contributed by atoms with Gasteiger partial charge in [-0.15, -0.1) is 5.01 Å². The first-order valence-corrected chi connectivity index (χ1v) is 7.46. The molecule has 1 N–H and O–H groups in total. The normalized spacial score (nSPS) is 11.9. The van der Waals surface area contributed by atoms with Crippen molar-refractivity contribution in [1.82, 2.24) is 15.3 Å². The summed E-state index contributed by atoms with van der Waals surface area (Å²) in [5.74, 6) is -0.563. The Morgan fingerprint density at radius 1 is 0.958 bits per heavy atom. The average molecular weight is 347 g/mol. The maximum atomic E-state index is 12.3. The lowest BCUT2D eigenvalue weighted by atomic mass is 10.1. The number of nitrogens with zero attached hydrogens (tertiary/aromatic N) is 2. The summed E-state index contributed by atoms with van der Waals surface area (Å²) in [6.07, 6.45) is -2.09. The Balaban J connectivity index is 5.19. The number of hydrogen-bond donors (Lipinski definition) is 1. The third-order valence-corrected chi connectivity index (χ3v) is 2.31. The molecule has 0 aromatic carbocycles. The fourth-order valence-corrected chi connectivity index (χ4v) is 1.58. The molecule has 24 heavy (non-hydrogen) atoms. The summed E-state index contributed by atoms with van der Waals surface area (Å²) in [4.78, 5) is 38.0. The minimum atomic E-state index is -1.06. The molecule has 0 aromatic heterocycles. The molecule has 0 saturated heterocycles. The van der Waals surface area contributed by atoms with E-state index in [1.54, 1.807) is 53.6 Å². The fraction of sp³-hybridized carbons (Fsp3) is 0.800. The van der Waals surface area contributed by atoms with Crippen LogP contribution in [0.1, 0.15) is 34.6 Å². The van der Waals surface area contributed by atoms with Gasteiger partial charge >= 0.3 is 12.2 Å². The van der Waals surface area contributed by atoms with Crippen LogP contribution in [0.15, 0.2) is 0 Å². The lowest BCUT2D eigenvalue weighted by Crippen LogP contribution is -2.55. The van der Waals surface area contributed by atoms with E-state index in [-0.39, 0.29) is 13.2 Å². The van der Waals surface area contributed by atoms with Crippen LogP contribution in [0, 0.1) is 0 Å². The van der Waals surface area contributed by atoms with Crippen molar-refractivity contribution in [2.45, 2.75) is 45.8 Å². The number of carbonyl (C=O) groups excluding carboxylic acids is 3. The molecule has 0 radical (unpaired) electrons. The van der Waals surface area contributed by atoms with E-state index in [4.69, 9.17) is 14.2 Å². The first-order valence-electron chi connectivity index (χ1n) is 7.46. The van der Waals surface area contributed by atoms with Crippen molar-refractivity contribution >= 4 is 18.1 Å². The second kappa shape index (κ2) is 8.84. The molecule has 9 nitrogen and oxygen atoms in total. The van der Waals surface area contributed by atoms with E-state index in [1.165, 1.54) is 7.11 Å². The molecule has 9 heteroatoms. The SMILES string of the molecule is COCC(C)(C)OC(=O)N(NC(=O)CN(C)C)C(=O)OC(C)(C)C. The Hall–Kier alpha value is -1.87. The van der Waals surface area contributed by atoms with Crippen molar-refractivity contribution in [2.75, 3.05) is 34.4 Å². The molecular formula is C15H29N3O6. The number of methoxy groups -OCH3 is 1. The molecular weight excluding hydrogens is 318 g/mol. The highest BCUT2D eigenvalue weighted by molar-refractivity contribution is 5.91. The van der Waals surface area contributed by atoms with Crippen LogP contribution in [-0.2, 0) is 19.0 Å². The number of carbonyl (C=O) groups is 3. The Morgan fingerprint density at radius 3 is 1.88 bits per heavy atom. The predicted octanol–water partition coefficient (Wildman–Crippen LogP) is 1.38. The lowest BCUT2D eigenvalue weighted by Gasteiger charge is -2.30. The second-order valence-electron chi connectivity index (χ2n) is 7.15. The van der Waals surface area contributed by atoms with Crippen molar-refractivity contribution in [2.24, 2.45) is 0 Å². The number of nitrogens with one attached hydrogen (secondary N) is 1. The molecule has 0 bridgehead atoms. The first kappa shape index (κ1) is 22.1. The van der Waals surface area contributed by atoms with Gasteiger partial charge in [-0.2, -0.15) is 0 Å². The van der Waals surface area contributed by atoms with Crippen LogP contribution in [0.5, 0.6) is 0 Å². The molecule has 0 aliphatic carbocycles. The molecule has 0 fully saturated rings. The van der Waals surface area contributed by atoms with Gasteiger partial charge in [-0.3, -0.25) is 10.2 Å². The highest BCUT2D eigenvalue weighted by Crippen LogP contribution is 2.14. The van der Waals surface area contributed by atoms with Gasteiger partial charge in [0.1, 0.15) is 11.2 Å². The minimum Gasteiger partial charge on any atom is -0.442 e. The highest BCUT2D eigenvalue weighted by Gasteiger charge is 2.34. The van der Waals surface area contributed by atoms with Gasteiger partial charge in [-0.25, -0.2) is 9.59 Å². The van der Waals surface area contributed by atoms with Gasteiger partial charge < -0.3 is 19.1 Å². The largest absolute Gasteiger partial charge is 0.442 e. The van der Waals surface area contributed by atoms with Crippen LogP contribution in [0.25, 0.3) is 0 Å². The molecule has 0 aliphatic heterocycles. The van der Waals surface area contributed by atoms with Crippen molar-refractivity contribution in [3.63, 3.8) is 0 Å². The van der Waals surface area contributed by atoms with E-state index >= 15 is 0 Å². The topological polar surface area (TPSA) is 97.4 Å². The van der Waals surface area contributed by atoms with E-state index in [1.807, 2.05) is 0 Å². The molecule has 0 heterocycles. The van der Waals surface area contributed by atoms with Gasteiger partial charge in [0.2, 0.25) is 0 Å². The number of imide groups is 1. The van der Waals surface area contributed by atoms with E-state index in [0.717, 1.165) is 0 Å². The molecule has 0 rings (SSSR count). The summed E-state index contributed by atoms with van der Waals surface area (Å²) in [5, 5.41) is 0.425. The number of hydrogen-bond acceptors (Lipinski definition) is 7. The molecule has 0 spiro atoms. The Labute approximate surface area is 143 Å². The molecule has 0 unspecified atom stereocenters.